The summed E-state index contributed by atoms with van der Waals surface area (Å²) in [6.45, 7) is 2.06. The number of halogens is 3. The molecule has 4 nitrogen and oxygen atoms in total. The molecule has 0 aromatic heterocycles. The second kappa shape index (κ2) is 5.52. The van der Waals surface area contributed by atoms with E-state index in [2.05, 4.69) is 5.32 Å². The van der Waals surface area contributed by atoms with Crippen LogP contribution in [0.15, 0.2) is 0 Å². The van der Waals surface area contributed by atoms with Gasteiger partial charge < -0.3 is 15.8 Å². The van der Waals surface area contributed by atoms with Gasteiger partial charge in [-0.2, -0.15) is 13.2 Å². The molecule has 4 unspecified atom stereocenters. The zero-order chi connectivity index (χ0) is 15.0. The third kappa shape index (κ3) is 2.93. The molecule has 3 N–H and O–H groups in total. The fourth-order valence-corrected chi connectivity index (χ4v) is 2.95. The quantitative estimate of drug-likeness (QED) is 0.813. The van der Waals surface area contributed by atoms with Gasteiger partial charge in [0.05, 0.1) is 24.5 Å². The van der Waals surface area contributed by atoms with Crippen LogP contribution in [0.3, 0.4) is 0 Å². The van der Waals surface area contributed by atoms with E-state index in [-0.39, 0.29) is 19.6 Å². The highest BCUT2D eigenvalue weighted by atomic mass is 19.4. The van der Waals surface area contributed by atoms with E-state index in [9.17, 15) is 18.0 Å². The van der Waals surface area contributed by atoms with Crippen molar-refractivity contribution in [1.29, 1.82) is 0 Å². The van der Waals surface area contributed by atoms with Gasteiger partial charge in [-0.3, -0.25) is 4.79 Å². The molecule has 1 saturated carbocycles. The lowest BCUT2D eigenvalue weighted by Gasteiger charge is -2.36. The highest BCUT2D eigenvalue weighted by Crippen LogP contribution is 2.38. The molecule has 1 aliphatic carbocycles. The molecule has 1 saturated heterocycles. The Morgan fingerprint density at radius 1 is 1.35 bits per heavy atom. The molecule has 0 radical (unpaired) electrons. The van der Waals surface area contributed by atoms with E-state index in [0.29, 0.717) is 19.3 Å². The minimum absolute atomic E-state index is 0.0771. The summed E-state index contributed by atoms with van der Waals surface area (Å²) in [5, 5.41) is 2.57. The minimum atomic E-state index is -4.27. The monoisotopic (exact) mass is 294 g/mol. The smallest absolute Gasteiger partial charge is 0.379 e. The predicted octanol–water partition coefficient (Wildman–Crippen LogP) is 1.59. The van der Waals surface area contributed by atoms with Gasteiger partial charge in [0, 0.05) is 12.1 Å². The summed E-state index contributed by atoms with van der Waals surface area (Å²) in [6.07, 6.45) is -2.57. The number of carbonyl (C=O) groups is 1. The van der Waals surface area contributed by atoms with Gasteiger partial charge in [0.25, 0.3) is 0 Å². The minimum Gasteiger partial charge on any atom is -0.379 e. The number of carbonyl (C=O) groups excluding carboxylic acids is 1. The molecule has 116 valence electrons. The molecule has 4 atom stereocenters. The van der Waals surface area contributed by atoms with Crippen molar-refractivity contribution in [2.24, 2.45) is 17.1 Å². The predicted molar refractivity (Wildman–Crippen MR) is 66.8 cm³/mol. The van der Waals surface area contributed by atoms with E-state index in [1.807, 2.05) is 0 Å². The first-order valence-electron chi connectivity index (χ1n) is 6.96. The zero-order valence-electron chi connectivity index (χ0n) is 11.5. The lowest BCUT2D eigenvalue weighted by molar-refractivity contribution is -0.189. The van der Waals surface area contributed by atoms with Gasteiger partial charge in [0.15, 0.2) is 0 Å². The van der Waals surface area contributed by atoms with Crippen LogP contribution in [0.4, 0.5) is 13.2 Å². The van der Waals surface area contributed by atoms with Crippen LogP contribution in [-0.4, -0.2) is 37.4 Å². The van der Waals surface area contributed by atoms with Crippen LogP contribution in [0.1, 0.15) is 32.6 Å². The molecule has 1 amide bonds. The van der Waals surface area contributed by atoms with E-state index in [1.165, 1.54) is 0 Å². The summed E-state index contributed by atoms with van der Waals surface area (Å²) < 4.78 is 44.1. The van der Waals surface area contributed by atoms with Crippen molar-refractivity contribution in [2.45, 2.75) is 50.9 Å². The summed E-state index contributed by atoms with van der Waals surface area (Å²) >= 11 is 0. The molecule has 1 aliphatic heterocycles. The fraction of sp³-hybridized carbons (Fsp3) is 0.923. The third-order valence-electron chi connectivity index (χ3n) is 4.54. The number of amides is 1. The average molecular weight is 294 g/mol. The number of nitrogens with two attached hydrogens (primary N) is 1. The number of hydrogen-bond acceptors (Lipinski definition) is 3. The first-order chi connectivity index (χ1) is 9.25. The Kier molecular flexibility index (Phi) is 4.30. The highest BCUT2D eigenvalue weighted by Gasteiger charge is 2.49. The standard InChI is InChI=1S/C13H21F3N2O2/c1-12(7-20-6-10(12)17)11(19)18-9-5-3-2-4-8(9)13(14,15)16/h8-10H,2-7,17H2,1H3,(H,18,19). The van der Waals surface area contributed by atoms with Gasteiger partial charge in [-0.15, -0.1) is 0 Å². The Morgan fingerprint density at radius 2 is 2.00 bits per heavy atom. The zero-order valence-corrected chi connectivity index (χ0v) is 11.5. The molecular formula is C13H21F3N2O2. The number of ether oxygens (including phenoxy) is 1. The van der Waals surface area contributed by atoms with Crippen molar-refractivity contribution >= 4 is 5.91 Å². The number of alkyl halides is 3. The molecule has 2 aliphatic rings. The Bertz CT molecular complexity index is 375. The van der Waals surface area contributed by atoms with Gasteiger partial charge in [0.1, 0.15) is 0 Å². The topological polar surface area (TPSA) is 64.3 Å². The third-order valence-corrected chi connectivity index (χ3v) is 4.54. The lowest BCUT2D eigenvalue weighted by Crippen LogP contribution is -2.55. The van der Waals surface area contributed by atoms with Crippen molar-refractivity contribution in [3.05, 3.63) is 0 Å². The molecule has 20 heavy (non-hydrogen) atoms. The van der Waals surface area contributed by atoms with E-state index < -0.39 is 35.5 Å². The van der Waals surface area contributed by atoms with Crippen molar-refractivity contribution in [2.75, 3.05) is 13.2 Å². The average Bonchev–Trinajstić information content (AvgIpc) is 2.70. The summed E-state index contributed by atoms with van der Waals surface area (Å²) in [4.78, 5) is 12.3. The molecule has 1 heterocycles. The second-order valence-corrected chi connectivity index (χ2v) is 6.05. The largest absolute Gasteiger partial charge is 0.393 e. The fourth-order valence-electron chi connectivity index (χ4n) is 2.95. The molecule has 7 heteroatoms. The number of nitrogens with one attached hydrogen (secondary N) is 1. The molecule has 0 aromatic rings. The molecule has 2 fully saturated rings. The summed E-state index contributed by atoms with van der Waals surface area (Å²) in [6, 6.07) is -1.32. The molecule has 0 spiro atoms. The Morgan fingerprint density at radius 3 is 2.55 bits per heavy atom. The maximum absolute atomic E-state index is 13.0. The summed E-state index contributed by atoms with van der Waals surface area (Å²) in [7, 11) is 0. The molecule has 0 bridgehead atoms. The van der Waals surface area contributed by atoms with E-state index >= 15 is 0 Å². The SMILES string of the molecule is CC1(C(=O)NC2CCCCC2C(F)(F)F)COCC1N. The lowest BCUT2D eigenvalue weighted by atomic mass is 9.81. The number of rotatable bonds is 2. The van der Waals surface area contributed by atoms with Crippen LogP contribution in [-0.2, 0) is 9.53 Å². The van der Waals surface area contributed by atoms with Crippen LogP contribution in [0.5, 0.6) is 0 Å². The van der Waals surface area contributed by atoms with Gasteiger partial charge in [-0.05, 0) is 19.8 Å². The first kappa shape index (κ1) is 15.6. The van der Waals surface area contributed by atoms with E-state index in [4.69, 9.17) is 10.5 Å². The first-order valence-corrected chi connectivity index (χ1v) is 6.96. The second-order valence-electron chi connectivity index (χ2n) is 6.05. The van der Waals surface area contributed by atoms with Crippen molar-refractivity contribution in [1.82, 2.24) is 5.32 Å². The summed E-state index contributed by atoms with van der Waals surface area (Å²) in [5.74, 6) is -1.88. The van der Waals surface area contributed by atoms with Gasteiger partial charge in [0.2, 0.25) is 5.91 Å². The van der Waals surface area contributed by atoms with Gasteiger partial charge in [-0.25, -0.2) is 0 Å². The Labute approximate surface area is 116 Å². The van der Waals surface area contributed by atoms with Crippen molar-refractivity contribution in [3.8, 4) is 0 Å². The van der Waals surface area contributed by atoms with E-state index in [0.717, 1.165) is 0 Å². The number of hydrogen-bond donors (Lipinski definition) is 2. The van der Waals surface area contributed by atoms with Crippen LogP contribution in [0, 0.1) is 11.3 Å². The van der Waals surface area contributed by atoms with Crippen molar-refractivity contribution in [3.63, 3.8) is 0 Å². The van der Waals surface area contributed by atoms with Crippen LogP contribution in [0.2, 0.25) is 0 Å². The highest BCUT2D eigenvalue weighted by molar-refractivity contribution is 5.84. The normalized spacial score (nSPS) is 38.8. The molecular weight excluding hydrogens is 273 g/mol. The van der Waals surface area contributed by atoms with Crippen molar-refractivity contribution < 1.29 is 22.7 Å². The van der Waals surface area contributed by atoms with Gasteiger partial charge in [-0.1, -0.05) is 12.8 Å². The maximum atomic E-state index is 13.0. The van der Waals surface area contributed by atoms with Gasteiger partial charge >= 0.3 is 6.18 Å². The summed E-state index contributed by atoms with van der Waals surface area (Å²) in [5.41, 5.74) is 4.89. The Balaban J connectivity index is 2.05. The maximum Gasteiger partial charge on any atom is 0.393 e. The van der Waals surface area contributed by atoms with Crippen LogP contribution in [0.25, 0.3) is 0 Å². The van der Waals surface area contributed by atoms with E-state index in [1.54, 1.807) is 6.92 Å². The Hall–Kier alpha value is -0.820. The molecule has 2 rings (SSSR count). The molecule has 0 aromatic carbocycles. The van der Waals surface area contributed by atoms with Crippen LogP contribution < -0.4 is 11.1 Å². The van der Waals surface area contributed by atoms with Crippen LogP contribution >= 0.6 is 0 Å².